The van der Waals surface area contributed by atoms with Crippen LogP contribution in [0.4, 0.5) is 5.69 Å². The summed E-state index contributed by atoms with van der Waals surface area (Å²) in [4.78, 5) is 4.00. The molecule has 0 aromatic heterocycles. The van der Waals surface area contributed by atoms with E-state index in [4.69, 9.17) is 0 Å². The first-order valence-electron chi connectivity index (χ1n) is 8.51. The molecule has 3 rings (SSSR count). The van der Waals surface area contributed by atoms with Crippen LogP contribution in [0.5, 0.6) is 0 Å². The fourth-order valence-corrected chi connectivity index (χ4v) is 3.10. The first-order chi connectivity index (χ1) is 11.8. The number of aryl methyl sites for hydroxylation is 1. The van der Waals surface area contributed by atoms with E-state index in [0.29, 0.717) is 0 Å². The van der Waals surface area contributed by atoms with Gasteiger partial charge >= 0.3 is 0 Å². The molecule has 0 radical (unpaired) electrons. The van der Waals surface area contributed by atoms with Gasteiger partial charge in [-0.15, -0.1) is 0 Å². The normalized spacial score (nSPS) is 10.5. The van der Waals surface area contributed by atoms with E-state index in [9.17, 15) is 0 Å². The van der Waals surface area contributed by atoms with E-state index in [1.807, 2.05) is 12.1 Å². The summed E-state index contributed by atoms with van der Waals surface area (Å²) in [6.45, 7) is 2.25. The molecule has 0 N–H and O–H groups in total. The predicted octanol–water partition coefficient (Wildman–Crippen LogP) is 6.97. The van der Waals surface area contributed by atoms with Crippen LogP contribution in [0.3, 0.4) is 0 Å². The Labute approximate surface area is 149 Å². The minimum atomic E-state index is 0.839. The summed E-state index contributed by atoms with van der Waals surface area (Å²) >= 11 is 4.64. The van der Waals surface area contributed by atoms with E-state index in [1.54, 1.807) is 0 Å². The Morgan fingerprint density at radius 3 is 2.29 bits per heavy atom. The van der Waals surface area contributed by atoms with Gasteiger partial charge in [-0.2, -0.15) is 4.99 Å². The molecule has 0 saturated heterocycles. The van der Waals surface area contributed by atoms with E-state index < -0.39 is 0 Å². The van der Waals surface area contributed by atoms with Crippen molar-refractivity contribution in [1.82, 2.24) is 0 Å². The minimum absolute atomic E-state index is 0.839. The van der Waals surface area contributed by atoms with Crippen molar-refractivity contribution < 1.29 is 0 Å². The van der Waals surface area contributed by atoms with Crippen molar-refractivity contribution in [1.29, 1.82) is 0 Å². The Morgan fingerprint density at radius 1 is 0.833 bits per heavy atom. The van der Waals surface area contributed by atoms with Crippen molar-refractivity contribution in [3.05, 3.63) is 66.2 Å². The monoisotopic (exact) mass is 331 g/mol. The van der Waals surface area contributed by atoms with Crippen molar-refractivity contribution in [3.8, 4) is 11.1 Å². The van der Waals surface area contributed by atoms with E-state index in [-0.39, 0.29) is 0 Å². The second kappa shape index (κ2) is 8.01. The van der Waals surface area contributed by atoms with Crippen LogP contribution in [0.2, 0.25) is 0 Å². The summed E-state index contributed by atoms with van der Waals surface area (Å²) in [5.74, 6) is 0. The van der Waals surface area contributed by atoms with Gasteiger partial charge in [0.2, 0.25) is 0 Å². The molecule has 0 saturated carbocycles. The molecule has 1 nitrogen and oxygen atoms in total. The van der Waals surface area contributed by atoms with Crippen LogP contribution >= 0.6 is 12.2 Å². The Morgan fingerprint density at radius 2 is 1.54 bits per heavy atom. The maximum atomic E-state index is 4.64. The molecule has 0 atom stereocenters. The number of hydrogen-bond acceptors (Lipinski definition) is 2. The zero-order chi connectivity index (χ0) is 16.8. The van der Waals surface area contributed by atoms with Gasteiger partial charge in [-0.05, 0) is 70.7 Å². The highest BCUT2D eigenvalue weighted by atomic mass is 32.1. The Kier molecular flexibility index (Phi) is 5.53. The molecule has 0 fully saturated rings. The van der Waals surface area contributed by atoms with Crippen molar-refractivity contribution in [3.63, 3.8) is 0 Å². The molecule has 0 amide bonds. The second-order valence-corrected chi connectivity index (χ2v) is 6.29. The van der Waals surface area contributed by atoms with Crippen LogP contribution in [0, 0.1) is 0 Å². The SMILES string of the molecule is CCCCCc1ccc2cc(-c3ccc(N=C=S)cc3)ccc2c1. The van der Waals surface area contributed by atoms with Gasteiger partial charge < -0.3 is 0 Å². The van der Waals surface area contributed by atoms with Gasteiger partial charge in [0.1, 0.15) is 0 Å². The number of isothiocyanates is 1. The van der Waals surface area contributed by atoms with Crippen LogP contribution < -0.4 is 0 Å². The highest BCUT2D eigenvalue weighted by Gasteiger charge is 2.02. The molecule has 3 aromatic rings. The van der Waals surface area contributed by atoms with E-state index in [1.165, 1.54) is 53.1 Å². The predicted molar refractivity (Wildman–Crippen MR) is 107 cm³/mol. The molecule has 0 aliphatic rings. The van der Waals surface area contributed by atoms with Gasteiger partial charge in [0.05, 0.1) is 10.8 Å². The molecule has 0 spiro atoms. The molecule has 24 heavy (non-hydrogen) atoms. The highest BCUT2D eigenvalue weighted by Crippen LogP contribution is 2.27. The summed E-state index contributed by atoms with van der Waals surface area (Å²) < 4.78 is 0. The lowest BCUT2D eigenvalue weighted by Crippen LogP contribution is -1.86. The number of hydrogen-bond donors (Lipinski definition) is 0. The third-order valence-corrected chi connectivity index (χ3v) is 4.44. The fourth-order valence-electron chi connectivity index (χ4n) is 2.99. The average molecular weight is 331 g/mol. The largest absolute Gasteiger partial charge is 0.195 e. The number of thiocarbonyl (C=S) groups is 1. The summed E-state index contributed by atoms with van der Waals surface area (Å²) in [6.07, 6.45) is 5.02. The van der Waals surface area contributed by atoms with E-state index >= 15 is 0 Å². The lowest BCUT2D eigenvalue weighted by molar-refractivity contribution is 0.718. The van der Waals surface area contributed by atoms with E-state index in [0.717, 1.165) is 5.69 Å². The van der Waals surface area contributed by atoms with Gasteiger partial charge in [0.25, 0.3) is 0 Å². The molecule has 120 valence electrons. The van der Waals surface area contributed by atoms with Gasteiger partial charge in [-0.25, -0.2) is 0 Å². The number of nitrogens with zero attached hydrogens (tertiary/aromatic N) is 1. The molecule has 0 heterocycles. The van der Waals surface area contributed by atoms with Gasteiger partial charge in [0.15, 0.2) is 0 Å². The van der Waals surface area contributed by atoms with Crippen molar-refractivity contribution >= 4 is 33.8 Å². The zero-order valence-electron chi connectivity index (χ0n) is 14.0. The lowest BCUT2D eigenvalue weighted by Gasteiger charge is -2.07. The highest BCUT2D eigenvalue weighted by molar-refractivity contribution is 7.78. The Balaban J connectivity index is 1.85. The molecular weight excluding hydrogens is 310 g/mol. The first kappa shape index (κ1) is 16.6. The van der Waals surface area contributed by atoms with Crippen LogP contribution in [0.15, 0.2) is 65.7 Å². The number of rotatable bonds is 6. The molecule has 0 unspecified atom stereocenters. The average Bonchev–Trinajstić information content (AvgIpc) is 2.62. The molecule has 0 bridgehead atoms. The summed E-state index contributed by atoms with van der Waals surface area (Å²) in [7, 11) is 0. The number of benzene rings is 3. The maximum absolute atomic E-state index is 4.64. The Bertz CT molecular complexity index is 874. The molecule has 0 aliphatic carbocycles. The molecular formula is C22H21NS. The third-order valence-electron chi connectivity index (χ3n) is 4.35. The summed E-state index contributed by atoms with van der Waals surface area (Å²) in [5, 5.41) is 5.00. The molecule has 3 aromatic carbocycles. The van der Waals surface area contributed by atoms with Crippen LogP contribution in [0.25, 0.3) is 21.9 Å². The van der Waals surface area contributed by atoms with Gasteiger partial charge in [-0.3, -0.25) is 0 Å². The standard InChI is InChI=1S/C22H21NS/c1-2-3-4-5-17-6-7-21-15-20(9-8-19(21)14-17)18-10-12-22(13-11-18)23-16-24/h6-15H,2-5H2,1H3. The van der Waals surface area contributed by atoms with Crippen LogP contribution in [-0.4, -0.2) is 5.16 Å². The fraction of sp³-hybridized carbons (Fsp3) is 0.227. The summed E-state index contributed by atoms with van der Waals surface area (Å²) in [5.41, 5.74) is 4.68. The number of aliphatic imine (C=N–C) groups is 1. The minimum Gasteiger partial charge on any atom is -0.195 e. The number of unbranched alkanes of at least 4 members (excludes halogenated alkanes) is 2. The van der Waals surface area contributed by atoms with Gasteiger partial charge in [-0.1, -0.05) is 62.2 Å². The van der Waals surface area contributed by atoms with E-state index in [2.05, 4.69) is 77.8 Å². The van der Waals surface area contributed by atoms with Crippen LogP contribution in [-0.2, 0) is 6.42 Å². The topological polar surface area (TPSA) is 12.4 Å². The first-order valence-corrected chi connectivity index (χ1v) is 8.92. The van der Waals surface area contributed by atoms with Crippen molar-refractivity contribution in [2.75, 3.05) is 0 Å². The Hall–Kier alpha value is -2.28. The molecule has 0 aliphatic heterocycles. The van der Waals surface area contributed by atoms with Gasteiger partial charge in [0, 0.05) is 0 Å². The molecule has 2 heteroatoms. The van der Waals surface area contributed by atoms with Crippen LogP contribution in [0.1, 0.15) is 31.7 Å². The van der Waals surface area contributed by atoms with Crippen molar-refractivity contribution in [2.45, 2.75) is 32.6 Å². The second-order valence-electron chi connectivity index (χ2n) is 6.10. The summed E-state index contributed by atoms with van der Waals surface area (Å²) in [6, 6.07) is 21.6. The quantitative estimate of drug-likeness (QED) is 0.270. The lowest BCUT2D eigenvalue weighted by atomic mass is 9.98. The smallest absolute Gasteiger partial charge is 0.0739 e. The zero-order valence-corrected chi connectivity index (χ0v) is 14.8. The van der Waals surface area contributed by atoms with Crippen molar-refractivity contribution in [2.24, 2.45) is 4.99 Å². The number of fused-ring (bicyclic) bond motifs is 1. The third kappa shape index (κ3) is 3.97. The maximum Gasteiger partial charge on any atom is 0.0739 e.